The van der Waals surface area contributed by atoms with Crippen LogP contribution in [-0.4, -0.2) is 20.7 Å². The fourth-order valence-electron chi connectivity index (χ4n) is 4.40. The summed E-state index contributed by atoms with van der Waals surface area (Å²) in [6, 6.07) is 29.1. The monoisotopic (exact) mass is 471 g/mol. The zero-order chi connectivity index (χ0) is 23.7. The van der Waals surface area contributed by atoms with E-state index in [1.165, 1.54) is 28.5 Å². The summed E-state index contributed by atoms with van der Waals surface area (Å²) in [4.78, 5) is 0.0767. The van der Waals surface area contributed by atoms with Crippen LogP contribution in [0.1, 0.15) is 30.5 Å². The largest absolute Gasteiger partial charge is 0.494 e. The highest BCUT2D eigenvalue weighted by Gasteiger charge is 2.31. The molecule has 0 saturated carbocycles. The number of hydrazone groups is 1. The lowest BCUT2D eigenvalue weighted by Crippen LogP contribution is -2.19. The third-order valence-corrected chi connectivity index (χ3v) is 6.95. The molecule has 5 rings (SSSR count). The van der Waals surface area contributed by atoms with Crippen molar-refractivity contribution < 1.29 is 13.2 Å². The van der Waals surface area contributed by atoms with Crippen LogP contribution in [0.4, 0.5) is 5.69 Å². The zero-order valence-electron chi connectivity index (χ0n) is 18.8. The fraction of sp³-hybridized carbons (Fsp3) is 0.148. The molecule has 0 aliphatic carbocycles. The highest BCUT2D eigenvalue weighted by molar-refractivity contribution is 7.89. The predicted octanol–water partition coefficient (Wildman–Crippen LogP) is 5.24. The van der Waals surface area contributed by atoms with Crippen molar-refractivity contribution >= 4 is 32.2 Å². The van der Waals surface area contributed by atoms with Crippen LogP contribution < -0.4 is 14.9 Å². The number of hydrogen-bond donors (Lipinski definition) is 1. The Kier molecular flexibility index (Phi) is 5.81. The lowest BCUT2D eigenvalue weighted by Gasteiger charge is -2.25. The molecule has 1 atom stereocenters. The molecule has 1 aliphatic heterocycles. The van der Waals surface area contributed by atoms with Gasteiger partial charge < -0.3 is 4.74 Å². The Hall–Kier alpha value is -3.68. The third-order valence-electron chi connectivity index (χ3n) is 6.02. The summed E-state index contributed by atoms with van der Waals surface area (Å²) in [5.41, 5.74) is 3.94. The van der Waals surface area contributed by atoms with Crippen LogP contribution in [0, 0.1) is 0 Å². The normalized spacial score (nSPS) is 16.0. The molecule has 4 aromatic carbocycles. The van der Waals surface area contributed by atoms with Gasteiger partial charge in [-0.05, 0) is 77.4 Å². The van der Waals surface area contributed by atoms with Gasteiger partial charge in [-0.15, -0.1) is 0 Å². The Morgan fingerprint density at radius 2 is 1.65 bits per heavy atom. The second kappa shape index (κ2) is 8.93. The van der Waals surface area contributed by atoms with Gasteiger partial charge in [0, 0.05) is 6.42 Å². The van der Waals surface area contributed by atoms with Gasteiger partial charge in [0.15, 0.2) is 0 Å². The molecule has 1 aliphatic rings. The van der Waals surface area contributed by atoms with Crippen LogP contribution in [-0.2, 0) is 10.0 Å². The first-order valence-electron chi connectivity index (χ1n) is 11.1. The standard InChI is InChI=1S/C27H25N3O3S/c1-2-33-22-14-10-20(11-15-22)26-18-27(25-9-5-7-19-6-3-4-8-24(19)25)30(29-26)21-12-16-23(17-13-21)34(28,31)32/h3-17,27H,2,18H2,1H3,(H2,28,31,32). The Morgan fingerprint density at radius 3 is 2.35 bits per heavy atom. The average Bonchev–Trinajstić information content (AvgIpc) is 3.29. The molecule has 0 saturated heterocycles. The summed E-state index contributed by atoms with van der Waals surface area (Å²) in [6.07, 6.45) is 0.707. The van der Waals surface area contributed by atoms with E-state index in [0.29, 0.717) is 13.0 Å². The molecule has 0 bridgehead atoms. The van der Waals surface area contributed by atoms with Crippen LogP contribution in [0.5, 0.6) is 5.75 Å². The number of nitrogens with zero attached hydrogens (tertiary/aromatic N) is 2. The third kappa shape index (κ3) is 4.27. The van der Waals surface area contributed by atoms with Gasteiger partial charge in [-0.1, -0.05) is 42.5 Å². The summed E-state index contributed by atoms with van der Waals surface area (Å²) in [5, 5.41) is 14.6. The first-order chi connectivity index (χ1) is 16.4. The van der Waals surface area contributed by atoms with Crippen molar-refractivity contribution in [1.29, 1.82) is 0 Å². The van der Waals surface area contributed by atoms with Gasteiger partial charge in [0.1, 0.15) is 5.75 Å². The van der Waals surface area contributed by atoms with Gasteiger partial charge in [-0.2, -0.15) is 5.10 Å². The maximum absolute atomic E-state index is 11.7. The molecule has 4 aromatic rings. The molecule has 172 valence electrons. The lowest BCUT2D eigenvalue weighted by atomic mass is 9.94. The summed E-state index contributed by atoms with van der Waals surface area (Å²) in [7, 11) is -3.77. The number of benzene rings is 4. The van der Waals surface area contributed by atoms with Crippen molar-refractivity contribution in [2.45, 2.75) is 24.3 Å². The maximum Gasteiger partial charge on any atom is 0.238 e. The number of nitrogens with two attached hydrogens (primary N) is 1. The van der Waals surface area contributed by atoms with Gasteiger partial charge in [-0.25, -0.2) is 13.6 Å². The van der Waals surface area contributed by atoms with E-state index in [9.17, 15) is 8.42 Å². The van der Waals surface area contributed by atoms with E-state index in [0.717, 1.165) is 22.7 Å². The van der Waals surface area contributed by atoms with Gasteiger partial charge in [-0.3, -0.25) is 5.01 Å². The number of fused-ring (bicyclic) bond motifs is 1. The van der Waals surface area contributed by atoms with E-state index in [-0.39, 0.29) is 10.9 Å². The number of hydrogen-bond acceptors (Lipinski definition) is 5. The summed E-state index contributed by atoms with van der Waals surface area (Å²) in [5.74, 6) is 0.825. The van der Waals surface area contributed by atoms with Gasteiger partial charge >= 0.3 is 0 Å². The van der Waals surface area contributed by atoms with Crippen LogP contribution in [0.15, 0.2) is 101 Å². The van der Waals surface area contributed by atoms with Gasteiger partial charge in [0.2, 0.25) is 10.0 Å². The van der Waals surface area contributed by atoms with Crippen molar-refractivity contribution in [3.63, 3.8) is 0 Å². The SMILES string of the molecule is CCOc1ccc(C2=NN(c3ccc(S(N)(=O)=O)cc3)C(c3cccc4ccccc34)C2)cc1. The molecule has 0 spiro atoms. The summed E-state index contributed by atoms with van der Waals surface area (Å²) in [6.45, 7) is 2.58. The van der Waals surface area contributed by atoms with E-state index in [4.69, 9.17) is 15.0 Å². The van der Waals surface area contributed by atoms with Crippen LogP contribution in [0.25, 0.3) is 10.8 Å². The summed E-state index contributed by atoms with van der Waals surface area (Å²) < 4.78 is 29.1. The first kappa shape index (κ1) is 22.1. The minimum Gasteiger partial charge on any atom is -0.494 e. The highest BCUT2D eigenvalue weighted by atomic mass is 32.2. The van der Waals surface area contributed by atoms with Crippen LogP contribution >= 0.6 is 0 Å². The van der Waals surface area contributed by atoms with Crippen molar-refractivity contribution in [3.05, 3.63) is 102 Å². The molecule has 0 aromatic heterocycles. The highest BCUT2D eigenvalue weighted by Crippen LogP contribution is 2.39. The molecule has 1 heterocycles. The number of rotatable bonds is 6. The van der Waals surface area contributed by atoms with E-state index in [2.05, 4.69) is 30.3 Å². The van der Waals surface area contributed by atoms with E-state index in [1.807, 2.05) is 48.3 Å². The topological polar surface area (TPSA) is 85.0 Å². The second-order valence-corrected chi connectivity index (χ2v) is 9.74. The Balaban J connectivity index is 1.58. The molecule has 7 heteroatoms. The molecule has 6 nitrogen and oxygen atoms in total. The Labute approximate surface area is 199 Å². The molecule has 2 N–H and O–H groups in total. The number of primary sulfonamides is 1. The second-order valence-electron chi connectivity index (χ2n) is 8.18. The fourth-order valence-corrected chi connectivity index (χ4v) is 4.92. The van der Waals surface area contributed by atoms with Gasteiger partial charge in [0.25, 0.3) is 0 Å². The van der Waals surface area contributed by atoms with Gasteiger partial charge in [0.05, 0.1) is 28.9 Å². The Morgan fingerprint density at radius 1 is 0.941 bits per heavy atom. The lowest BCUT2D eigenvalue weighted by molar-refractivity contribution is 0.340. The quantitative estimate of drug-likeness (QED) is 0.417. The Bertz CT molecular complexity index is 1460. The van der Waals surface area contributed by atoms with E-state index in [1.54, 1.807) is 12.1 Å². The van der Waals surface area contributed by atoms with Crippen molar-refractivity contribution in [2.75, 3.05) is 11.6 Å². The van der Waals surface area contributed by atoms with E-state index < -0.39 is 10.0 Å². The molecule has 1 unspecified atom stereocenters. The number of ether oxygens (including phenoxy) is 1. The minimum absolute atomic E-state index is 0.0481. The van der Waals surface area contributed by atoms with Crippen LogP contribution in [0.2, 0.25) is 0 Å². The summed E-state index contributed by atoms with van der Waals surface area (Å²) >= 11 is 0. The average molecular weight is 472 g/mol. The first-order valence-corrected chi connectivity index (χ1v) is 12.7. The van der Waals surface area contributed by atoms with Crippen molar-refractivity contribution in [3.8, 4) is 5.75 Å². The van der Waals surface area contributed by atoms with Crippen molar-refractivity contribution in [2.24, 2.45) is 10.2 Å². The van der Waals surface area contributed by atoms with E-state index >= 15 is 0 Å². The molecular weight excluding hydrogens is 446 g/mol. The minimum atomic E-state index is -3.77. The molecule has 0 radical (unpaired) electrons. The molecule has 0 amide bonds. The van der Waals surface area contributed by atoms with Crippen molar-refractivity contribution in [1.82, 2.24) is 0 Å². The molecule has 34 heavy (non-hydrogen) atoms. The smallest absolute Gasteiger partial charge is 0.238 e. The number of sulfonamides is 1. The predicted molar refractivity (Wildman–Crippen MR) is 136 cm³/mol. The molecular formula is C27H25N3O3S. The number of anilines is 1. The van der Waals surface area contributed by atoms with Crippen LogP contribution in [0.3, 0.4) is 0 Å². The molecule has 0 fully saturated rings. The zero-order valence-corrected chi connectivity index (χ0v) is 19.6. The maximum atomic E-state index is 11.7.